The zero-order valence-corrected chi connectivity index (χ0v) is 22.2. The summed E-state index contributed by atoms with van der Waals surface area (Å²) in [6, 6.07) is 16.2. The van der Waals surface area contributed by atoms with Crippen molar-refractivity contribution in [1.82, 2.24) is 14.9 Å². The van der Waals surface area contributed by atoms with Gasteiger partial charge in [-0.1, -0.05) is 61.9 Å². The molecular weight excluding hydrogens is 474 g/mol. The van der Waals surface area contributed by atoms with Crippen LogP contribution in [-0.4, -0.2) is 44.4 Å². The highest BCUT2D eigenvalue weighted by Gasteiger charge is 2.33. The predicted molar refractivity (Wildman–Crippen MR) is 149 cm³/mol. The zero-order valence-electron chi connectivity index (χ0n) is 22.2. The van der Waals surface area contributed by atoms with Crippen LogP contribution in [0.3, 0.4) is 0 Å². The Morgan fingerprint density at radius 1 is 0.868 bits per heavy atom. The first kappa shape index (κ1) is 26.1. The van der Waals surface area contributed by atoms with Gasteiger partial charge in [0.15, 0.2) is 5.82 Å². The van der Waals surface area contributed by atoms with Crippen molar-refractivity contribution in [2.24, 2.45) is 5.92 Å². The van der Waals surface area contributed by atoms with Gasteiger partial charge in [-0.05, 0) is 73.5 Å². The van der Waals surface area contributed by atoms with Gasteiger partial charge >= 0.3 is 5.97 Å². The second kappa shape index (κ2) is 11.9. The number of hydrogen-bond acceptors (Lipinski definition) is 4. The Morgan fingerprint density at radius 3 is 2.16 bits per heavy atom. The summed E-state index contributed by atoms with van der Waals surface area (Å²) in [4.78, 5) is 34.6. The van der Waals surface area contributed by atoms with Crippen molar-refractivity contribution in [3.05, 3.63) is 72.1 Å². The maximum atomic E-state index is 12.5. The normalized spacial score (nSPS) is 21.4. The van der Waals surface area contributed by atoms with E-state index in [0.29, 0.717) is 37.5 Å². The molecule has 0 spiro atoms. The topological polar surface area (TPSA) is 83.4 Å². The lowest BCUT2D eigenvalue weighted by atomic mass is 9.78. The van der Waals surface area contributed by atoms with E-state index in [2.05, 4.69) is 41.2 Å². The van der Waals surface area contributed by atoms with Crippen LogP contribution in [0.15, 0.2) is 60.9 Å². The van der Waals surface area contributed by atoms with Crippen LogP contribution >= 0.6 is 0 Å². The average Bonchev–Trinajstić information content (AvgIpc) is 3.47. The summed E-state index contributed by atoms with van der Waals surface area (Å²) < 4.78 is 0. The minimum absolute atomic E-state index is 0.0881. The number of carbonyl (C=O) groups excluding carboxylic acids is 1. The molecule has 1 N–H and O–H groups in total. The van der Waals surface area contributed by atoms with Crippen molar-refractivity contribution >= 4 is 11.9 Å². The van der Waals surface area contributed by atoms with Crippen molar-refractivity contribution in [1.29, 1.82) is 0 Å². The summed E-state index contributed by atoms with van der Waals surface area (Å²) in [6.45, 7) is 2.84. The molecular formula is C32H37N3O3. The first-order valence-electron chi connectivity index (χ1n) is 14.1. The van der Waals surface area contributed by atoms with Crippen molar-refractivity contribution < 1.29 is 14.7 Å². The van der Waals surface area contributed by atoms with Gasteiger partial charge in [-0.15, -0.1) is 0 Å². The first-order chi connectivity index (χ1) is 18.5. The lowest BCUT2D eigenvalue weighted by molar-refractivity contribution is -0.148. The van der Waals surface area contributed by atoms with Gasteiger partial charge in [0.05, 0.1) is 0 Å². The van der Waals surface area contributed by atoms with Gasteiger partial charge in [0.2, 0.25) is 5.91 Å². The summed E-state index contributed by atoms with van der Waals surface area (Å²) in [5.74, 6) is 1.27. The van der Waals surface area contributed by atoms with Crippen LogP contribution in [0, 0.1) is 5.92 Å². The number of aromatic nitrogens is 2. The Hall–Kier alpha value is -3.54. The third kappa shape index (κ3) is 5.95. The second-order valence-electron chi connectivity index (χ2n) is 10.8. The third-order valence-corrected chi connectivity index (χ3v) is 8.49. The number of benzene rings is 2. The Morgan fingerprint density at radius 2 is 1.53 bits per heavy atom. The molecule has 6 heteroatoms. The minimum atomic E-state index is -0.909. The highest BCUT2D eigenvalue weighted by atomic mass is 16.4. The standard InChI is InChI=1S/C32H37N3O3/c1-2-22-5-10-24(11-6-22)25-14-16-26(17-15-25)28-20-33-31(34-21-28)27-12-7-23(8-13-27)9-18-30(36)35-19-3-4-29(35)32(37)38/h7-8,12-17,20-22,24,29H,2-6,9-11,18-19H2,1H3,(H,37,38). The number of aliphatic carboxylic acids is 1. The lowest BCUT2D eigenvalue weighted by Gasteiger charge is -2.28. The fourth-order valence-corrected chi connectivity index (χ4v) is 6.02. The van der Waals surface area contributed by atoms with Crippen LogP contribution in [0.5, 0.6) is 0 Å². The van der Waals surface area contributed by atoms with E-state index < -0.39 is 12.0 Å². The van der Waals surface area contributed by atoms with Crippen LogP contribution in [0.25, 0.3) is 22.5 Å². The van der Waals surface area contributed by atoms with Gasteiger partial charge in [0.25, 0.3) is 0 Å². The molecule has 2 heterocycles. The fraction of sp³-hybridized carbons (Fsp3) is 0.438. The molecule has 6 nitrogen and oxygen atoms in total. The van der Waals surface area contributed by atoms with Crippen LogP contribution in [-0.2, 0) is 16.0 Å². The van der Waals surface area contributed by atoms with E-state index in [1.165, 1.54) is 42.6 Å². The summed E-state index contributed by atoms with van der Waals surface area (Å²) in [5, 5.41) is 9.31. The van der Waals surface area contributed by atoms with Gasteiger partial charge in [0.1, 0.15) is 6.04 Å². The highest BCUT2D eigenvalue weighted by Crippen LogP contribution is 2.37. The van der Waals surface area contributed by atoms with Crippen molar-refractivity contribution in [2.75, 3.05) is 6.54 Å². The van der Waals surface area contributed by atoms with Crippen LogP contribution in [0.4, 0.5) is 0 Å². The Labute approximate surface area is 225 Å². The first-order valence-corrected chi connectivity index (χ1v) is 14.1. The average molecular weight is 512 g/mol. The molecule has 0 radical (unpaired) electrons. The van der Waals surface area contributed by atoms with Crippen molar-refractivity contribution in [2.45, 2.75) is 76.7 Å². The van der Waals surface area contributed by atoms with E-state index in [-0.39, 0.29) is 5.91 Å². The molecule has 2 fully saturated rings. The smallest absolute Gasteiger partial charge is 0.326 e. The summed E-state index contributed by atoms with van der Waals surface area (Å²) >= 11 is 0. The van der Waals surface area contributed by atoms with Gasteiger partial charge in [0, 0.05) is 36.5 Å². The summed E-state index contributed by atoms with van der Waals surface area (Å²) in [5.41, 5.74) is 5.55. The number of carboxylic acids is 1. The number of rotatable bonds is 8. The van der Waals surface area contributed by atoms with Gasteiger partial charge in [-0.3, -0.25) is 4.79 Å². The maximum absolute atomic E-state index is 12.5. The van der Waals surface area contributed by atoms with E-state index in [1.54, 1.807) is 0 Å². The third-order valence-electron chi connectivity index (χ3n) is 8.49. The molecule has 1 aliphatic carbocycles. The fourth-order valence-electron chi connectivity index (χ4n) is 6.02. The number of amides is 1. The summed E-state index contributed by atoms with van der Waals surface area (Å²) in [6.07, 6.45) is 12.6. The molecule has 198 valence electrons. The second-order valence-corrected chi connectivity index (χ2v) is 10.8. The number of aryl methyl sites for hydroxylation is 1. The predicted octanol–water partition coefficient (Wildman–Crippen LogP) is 6.50. The molecule has 1 aromatic heterocycles. The molecule has 1 amide bonds. The Bertz CT molecular complexity index is 1230. The van der Waals surface area contributed by atoms with E-state index >= 15 is 0 Å². The molecule has 5 rings (SSSR count). The quantitative estimate of drug-likeness (QED) is 0.373. The number of nitrogens with zero attached hydrogens (tertiary/aromatic N) is 3. The van der Waals surface area contributed by atoms with E-state index in [1.807, 2.05) is 36.7 Å². The lowest BCUT2D eigenvalue weighted by Crippen LogP contribution is -2.40. The zero-order chi connectivity index (χ0) is 26.5. The highest BCUT2D eigenvalue weighted by molar-refractivity contribution is 5.84. The molecule has 1 unspecified atom stereocenters. The van der Waals surface area contributed by atoms with Crippen LogP contribution in [0.1, 0.15) is 75.3 Å². The largest absolute Gasteiger partial charge is 0.480 e. The number of carbonyl (C=O) groups is 2. The SMILES string of the molecule is CCC1CCC(c2ccc(-c3cnc(-c4ccc(CCC(=O)N5CCCC5C(=O)O)cc4)nc3)cc2)CC1. The van der Waals surface area contributed by atoms with Crippen molar-refractivity contribution in [3.63, 3.8) is 0 Å². The Kier molecular flexibility index (Phi) is 8.16. The van der Waals surface area contributed by atoms with E-state index in [0.717, 1.165) is 34.6 Å². The van der Waals surface area contributed by atoms with Crippen LogP contribution < -0.4 is 0 Å². The van der Waals surface area contributed by atoms with E-state index in [4.69, 9.17) is 0 Å². The van der Waals surface area contributed by atoms with Gasteiger partial charge in [-0.2, -0.15) is 0 Å². The van der Waals surface area contributed by atoms with Crippen LogP contribution in [0.2, 0.25) is 0 Å². The Balaban J connectivity index is 1.16. The molecule has 1 atom stereocenters. The number of hydrogen-bond donors (Lipinski definition) is 1. The summed E-state index contributed by atoms with van der Waals surface area (Å²) in [7, 11) is 0. The van der Waals surface area contributed by atoms with Gasteiger partial charge in [-0.25, -0.2) is 14.8 Å². The minimum Gasteiger partial charge on any atom is -0.480 e. The van der Waals surface area contributed by atoms with Gasteiger partial charge < -0.3 is 10.0 Å². The molecule has 0 bridgehead atoms. The molecule has 2 aromatic carbocycles. The number of likely N-dealkylation sites (tertiary alicyclic amines) is 1. The molecule has 2 aliphatic rings. The molecule has 1 saturated heterocycles. The maximum Gasteiger partial charge on any atom is 0.326 e. The molecule has 1 saturated carbocycles. The molecule has 38 heavy (non-hydrogen) atoms. The number of carboxylic acid groups (broad SMARTS) is 1. The van der Waals surface area contributed by atoms with E-state index in [9.17, 15) is 14.7 Å². The molecule has 1 aliphatic heterocycles. The van der Waals surface area contributed by atoms with Crippen molar-refractivity contribution in [3.8, 4) is 22.5 Å². The monoisotopic (exact) mass is 511 g/mol. The molecule has 3 aromatic rings.